The van der Waals surface area contributed by atoms with Crippen LogP contribution in [-0.2, 0) is 7.05 Å². The van der Waals surface area contributed by atoms with Gasteiger partial charge in [-0.25, -0.2) is 4.68 Å². The maximum absolute atomic E-state index is 13.4. The molecule has 3 aromatic heterocycles. The van der Waals surface area contributed by atoms with Crippen LogP contribution in [0, 0.1) is 32.6 Å². The number of fused-ring (bicyclic) bond motifs is 2. The number of rotatable bonds is 2. The fourth-order valence-electron chi connectivity index (χ4n) is 4.86. The van der Waals surface area contributed by atoms with Crippen LogP contribution in [0.4, 0.5) is 11.6 Å². The molecule has 0 saturated carbocycles. The lowest BCUT2D eigenvalue weighted by Crippen LogP contribution is -2.21. The van der Waals surface area contributed by atoms with E-state index >= 15 is 0 Å². The highest BCUT2D eigenvalue weighted by Crippen LogP contribution is 2.23. The van der Waals surface area contributed by atoms with Gasteiger partial charge in [-0.15, -0.1) is 5.10 Å². The van der Waals surface area contributed by atoms with Crippen LogP contribution in [-0.4, -0.2) is 36.6 Å². The Bertz CT molecular complexity index is 1950. The standard InChI is InChI=1S/C24H21N3O.C7H9N5O/c1-16-15-20-10-8-9-19(13-14-22-17(2)25-26(4)18(22)3)23(20)24(28)27(16)21-11-6-5-7-12-21;8-5-4(6(9)13)7-10-2-1-3-12(7)11-5/h5-12,15H,1-4H3;1,3,10H,2H2,(H2,8,11)(H2,9,13). The second-order valence-electron chi connectivity index (χ2n) is 9.63. The van der Waals surface area contributed by atoms with Gasteiger partial charge in [0.15, 0.2) is 5.82 Å². The number of aromatic nitrogens is 5. The summed E-state index contributed by atoms with van der Waals surface area (Å²) >= 11 is 0. The first-order chi connectivity index (χ1) is 19.7. The number of carbonyl (C=O) groups excluding carboxylic acids is 1. The molecule has 1 aliphatic rings. The number of carbonyl (C=O) groups is 1. The van der Waals surface area contributed by atoms with E-state index in [0.717, 1.165) is 39.3 Å². The van der Waals surface area contributed by atoms with Gasteiger partial charge in [-0.2, -0.15) is 5.10 Å². The van der Waals surface area contributed by atoms with Gasteiger partial charge in [0.05, 0.1) is 22.3 Å². The quantitative estimate of drug-likeness (QED) is 0.290. The summed E-state index contributed by atoms with van der Waals surface area (Å²) < 4.78 is 5.07. The number of hydrogen-bond donors (Lipinski definition) is 3. The molecule has 41 heavy (non-hydrogen) atoms. The molecular weight excluding hydrogens is 516 g/mol. The zero-order chi connectivity index (χ0) is 29.3. The van der Waals surface area contributed by atoms with E-state index in [1.165, 1.54) is 4.68 Å². The molecule has 5 aromatic rings. The molecule has 10 nitrogen and oxygen atoms in total. The Kier molecular flexibility index (Phi) is 7.18. The molecule has 2 aromatic carbocycles. The highest BCUT2D eigenvalue weighted by atomic mass is 16.1. The minimum Gasteiger partial charge on any atom is -0.381 e. The molecular formula is C31H30N8O2. The van der Waals surface area contributed by atoms with Gasteiger partial charge in [0.25, 0.3) is 11.5 Å². The Balaban J connectivity index is 0.000000216. The number of primary amides is 1. The lowest BCUT2D eigenvalue weighted by atomic mass is 10.0. The van der Waals surface area contributed by atoms with E-state index < -0.39 is 5.91 Å². The highest BCUT2D eigenvalue weighted by Gasteiger charge is 2.20. The molecule has 6 rings (SSSR count). The van der Waals surface area contributed by atoms with Gasteiger partial charge < -0.3 is 16.8 Å². The van der Waals surface area contributed by atoms with Crippen LogP contribution in [0.5, 0.6) is 0 Å². The average Bonchev–Trinajstić information content (AvgIpc) is 3.41. The predicted octanol–water partition coefficient (Wildman–Crippen LogP) is 3.51. The monoisotopic (exact) mass is 546 g/mol. The van der Waals surface area contributed by atoms with Crippen LogP contribution in [0.25, 0.3) is 22.7 Å². The van der Waals surface area contributed by atoms with E-state index in [2.05, 4.69) is 27.4 Å². The molecule has 0 aliphatic carbocycles. The molecule has 0 saturated heterocycles. The van der Waals surface area contributed by atoms with E-state index in [-0.39, 0.29) is 16.9 Å². The van der Waals surface area contributed by atoms with Gasteiger partial charge in [-0.1, -0.05) is 42.2 Å². The topological polar surface area (TPSA) is 139 Å². The third kappa shape index (κ3) is 5.08. The van der Waals surface area contributed by atoms with Crippen molar-refractivity contribution in [2.24, 2.45) is 12.8 Å². The number of nitrogens with zero attached hydrogens (tertiary/aromatic N) is 5. The van der Waals surface area contributed by atoms with Gasteiger partial charge in [0.2, 0.25) is 0 Å². The number of amides is 1. The van der Waals surface area contributed by atoms with Crippen LogP contribution < -0.4 is 22.3 Å². The van der Waals surface area contributed by atoms with E-state index in [1.807, 2.05) is 93.2 Å². The van der Waals surface area contributed by atoms with Crippen LogP contribution in [0.1, 0.15) is 38.6 Å². The van der Waals surface area contributed by atoms with Gasteiger partial charge in [-0.3, -0.25) is 18.8 Å². The molecule has 4 heterocycles. The van der Waals surface area contributed by atoms with Crippen molar-refractivity contribution in [2.45, 2.75) is 20.8 Å². The second kappa shape index (κ2) is 10.9. The van der Waals surface area contributed by atoms with Gasteiger partial charge in [-0.05, 0) is 56.5 Å². The van der Waals surface area contributed by atoms with E-state index in [0.29, 0.717) is 17.7 Å². The summed E-state index contributed by atoms with van der Waals surface area (Å²) in [5.74, 6) is 6.60. The normalized spacial score (nSPS) is 11.6. The maximum atomic E-state index is 13.4. The Labute approximate surface area is 236 Å². The summed E-state index contributed by atoms with van der Waals surface area (Å²) in [7, 11) is 1.91. The number of hydrogen-bond acceptors (Lipinski definition) is 6. The smallest absolute Gasteiger partial charge is 0.264 e. The van der Waals surface area contributed by atoms with Crippen molar-refractivity contribution in [1.82, 2.24) is 24.1 Å². The minimum atomic E-state index is -0.568. The van der Waals surface area contributed by atoms with Crippen molar-refractivity contribution >= 4 is 34.5 Å². The lowest BCUT2D eigenvalue weighted by molar-refractivity contribution is 0.100. The molecule has 0 radical (unpaired) electrons. The number of pyridine rings is 1. The molecule has 1 aliphatic heterocycles. The molecule has 5 N–H and O–H groups in total. The molecule has 0 fully saturated rings. The van der Waals surface area contributed by atoms with Crippen molar-refractivity contribution in [3.63, 3.8) is 0 Å². The molecule has 0 bridgehead atoms. The number of nitrogen functional groups attached to an aromatic ring is 1. The lowest BCUT2D eigenvalue weighted by Gasteiger charge is -2.12. The van der Waals surface area contributed by atoms with Crippen molar-refractivity contribution in [2.75, 3.05) is 17.6 Å². The first-order valence-corrected chi connectivity index (χ1v) is 13.0. The third-order valence-electron chi connectivity index (χ3n) is 6.89. The number of anilines is 2. The molecule has 10 heteroatoms. The zero-order valence-corrected chi connectivity index (χ0v) is 23.3. The molecule has 0 unspecified atom stereocenters. The first kappa shape index (κ1) is 27.0. The number of aryl methyl sites for hydroxylation is 3. The summed E-state index contributed by atoms with van der Waals surface area (Å²) in [4.78, 5) is 24.4. The van der Waals surface area contributed by atoms with Gasteiger partial charge in [0.1, 0.15) is 11.4 Å². The average molecular weight is 547 g/mol. The van der Waals surface area contributed by atoms with Crippen LogP contribution in [0.3, 0.4) is 0 Å². The van der Waals surface area contributed by atoms with Crippen molar-refractivity contribution in [3.05, 3.63) is 105 Å². The zero-order valence-electron chi connectivity index (χ0n) is 23.3. The largest absolute Gasteiger partial charge is 0.381 e. The summed E-state index contributed by atoms with van der Waals surface area (Å²) in [5.41, 5.74) is 16.2. The second-order valence-corrected chi connectivity index (χ2v) is 9.63. The summed E-state index contributed by atoms with van der Waals surface area (Å²) in [5, 5.41) is 12.8. The Hall–Kier alpha value is -5.56. The minimum absolute atomic E-state index is 0.0502. The molecule has 0 atom stereocenters. The van der Waals surface area contributed by atoms with Crippen molar-refractivity contribution in [1.29, 1.82) is 0 Å². The number of benzene rings is 2. The van der Waals surface area contributed by atoms with Crippen molar-refractivity contribution < 1.29 is 4.79 Å². The van der Waals surface area contributed by atoms with Crippen molar-refractivity contribution in [3.8, 4) is 17.5 Å². The summed E-state index contributed by atoms with van der Waals surface area (Å²) in [6.45, 7) is 6.55. The summed E-state index contributed by atoms with van der Waals surface area (Å²) in [6, 6.07) is 17.5. The summed E-state index contributed by atoms with van der Waals surface area (Å²) in [6.07, 6.45) is 3.60. The first-order valence-electron chi connectivity index (χ1n) is 13.0. The fourth-order valence-corrected chi connectivity index (χ4v) is 4.86. The van der Waals surface area contributed by atoms with E-state index in [4.69, 9.17) is 11.5 Å². The number of nitrogens with two attached hydrogens (primary N) is 2. The Morgan fingerprint density at radius 2 is 1.78 bits per heavy atom. The van der Waals surface area contributed by atoms with E-state index in [1.54, 1.807) is 10.8 Å². The van der Waals surface area contributed by atoms with Gasteiger partial charge >= 0.3 is 0 Å². The van der Waals surface area contributed by atoms with Crippen LogP contribution in [0.15, 0.2) is 65.5 Å². The maximum Gasteiger partial charge on any atom is 0.264 e. The Morgan fingerprint density at radius 1 is 1.02 bits per heavy atom. The van der Waals surface area contributed by atoms with Crippen LogP contribution in [0.2, 0.25) is 0 Å². The number of para-hydroxylation sites is 1. The van der Waals surface area contributed by atoms with Gasteiger partial charge in [0, 0.05) is 36.7 Å². The third-order valence-corrected chi connectivity index (χ3v) is 6.89. The SMILES string of the molecule is Cc1nn(C)c(C)c1C#Cc1cccc2cc(C)n(-c3ccccc3)c(=O)c12.NC(=O)c1c(N)nn2c1NCC=C2. The fraction of sp³-hybridized carbons (Fsp3) is 0.161. The Morgan fingerprint density at radius 3 is 2.46 bits per heavy atom. The highest BCUT2D eigenvalue weighted by molar-refractivity contribution is 6.02. The van der Waals surface area contributed by atoms with Crippen LogP contribution >= 0.6 is 0 Å². The molecule has 0 spiro atoms. The molecule has 1 amide bonds. The predicted molar refractivity (Wildman–Crippen MR) is 162 cm³/mol. The van der Waals surface area contributed by atoms with E-state index in [9.17, 15) is 9.59 Å². The number of nitrogens with one attached hydrogen (secondary N) is 1. The molecule has 206 valence electrons.